The average Bonchev–Trinajstić information content (AvgIpc) is 2.42. The molecule has 0 aliphatic carbocycles. The third kappa shape index (κ3) is 4.63. The summed E-state index contributed by atoms with van der Waals surface area (Å²) in [5.74, 6) is -0.128. The fraction of sp³-hybridized carbons (Fsp3) is 0.600. The van der Waals surface area contributed by atoms with Gasteiger partial charge in [0.05, 0.1) is 27.1 Å². The van der Waals surface area contributed by atoms with Crippen LogP contribution in [0.4, 0.5) is 0 Å². The van der Waals surface area contributed by atoms with Gasteiger partial charge in [0.25, 0.3) is 0 Å². The Kier molecular flexibility index (Phi) is 6.55. The average molecular weight is 324 g/mol. The Hall–Kier alpha value is -0.590. The molecule has 86 valence electrons. The van der Waals surface area contributed by atoms with E-state index in [1.165, 1.54) is 0 Å². The molecule has 0 unspecified atom stereocenters. The first-order chi connectivity index (χ1) is 6.63. The van der Waals surface area contributed by atoms with E-state index in [4.69, 9.17) is 4.74 Å². The molecule has 1 aromatic rings. The number of hydrogen-bond acceptors (Lipinski definition) is 2. The van der Waals surface area contributed by atoms with Gasteiger partial charge < -0.3 is 28.7 Å². The third-order valence-corrected chi connectivity index (χ3v) is 2.05. The van der Waals surface area contributed by atoms with Crippen molar-refractivity contribution in [3.05, 3.63) is 18.2 Å². The number of ether oxygens (including phenoxy) is 1. The summed E-state index contributed by atoms with van der Waals surface area (Å²) < 4.78 is 8.84. The second kappa shape index (κ2) is 6.81. The second-order valence-electron chi connectivity index (χ2n) is 3.32. The molecule has 5 heteroatoms. The number of aromatic nitrogens is 2. The van der Waals surface area contributed by atoms with Gasteiger partial charge in [0.2, 0.25) is 6.33 Å². The lowest BCUT2D eigenvalue weighted by Crippen LogP contribution is -3.00. The molecule has 1 heterocycles. The fourth-order valence-corrected chi connectivity index (χ4v) is 1.41. The van der Waals surface area contributed by atoms with E-state index in [0.717, 1.165) is 12.1 Å². The maximum absolute atomic E-state index is 11.1. The number of rotatable bonds is 4. The summed E-state index contributed by atoms with van der Waals surface area (Å²) in [5, 5.41) is 0. The van der Waals surface area contributed by atoms with Gasteiger partial charge in [0.1, 0.15) is 11.9 Å². The van der Waals surface area contributed by atoms with Crippen LogP contribution >= 0.6 is 0 Å². The van der Waals surface area contributed by atoms with E-state index in [-0.39, 0.29) is 29.9 Å². The van der Waals surface area contributed by atoms with Crippen LogP contribution < -0.4 is 28.5 Å². The molecule has 0 N–H and O–H groups in total. The molecule has 0 aliphatic heterocycles. The lowest BCUT2D eigenvalue weighted by Gasteiger charge is -1.99. The van der Waals surface area contributed by atoms with E-state index < -0.39 is 0 Å². The van der Waals surface area contributed by atoms with Gasteiger partial charge in [-0.3, -0.25) is 4.79 Å². The standard InChI is InChI=1S/C10H17N2O2.HI/c1-4-14-10(13)6-5-9-7-11(2)8-12(9)3;/h7-8H,4-6H2,1-3H3;1H/q+1;/p-1. The van der Waals surface area contributed by atoms with Gasteiger partial charge in [-0.15, -0.1) is 0 Å². The largest absolute Gasteiger partial charge is 1.00 e. The van der Waals surface area contributed by atoms with Crippen molar-refractivity contribution >= 4 is 5.97 Å². The Bertz CT molecular complexity index is 323. The number of aryl methyl sites for hydroxylation is 3. The minimum absolute atomic E-state index is 0. The highest BCUT2D eigenvalue weighted by Gasteiger charge is 2.10. The highest BCUT2D eigenvalue weighted by molar-refractivity contribution is 5.69. The van der Waals surface area contributed by atoms with Crippen molar-refractivity contribution in [3.8, 4) is 0 Å². The maximum Gasteiger partial charge on any atom is 0.306 e. The molecular formula is C10H17IN2O2. The van der Waals surface area contributed by atoms with E-state index in [0.29, 0.717) is 13.0 Å². The zero-order chi connectivity index (χ0) is 10.6. The quantitative estimate of drug-likeness (QED) is 0.345. The van der Waals surface area contributed by atoms with Gasteiger partial charge in [-0.2, -0.15) is 0 Å². The van der Waals surface area contributed by atoms with Crippen LogP contribution in [0.5, 0.6) is 0 Å². The SMILES string of the molecule is CCOC(=O)CCc1cn(C)c[n+]1C.[I-]. The summed E-state index contributed by atoms with van der Waals surface area (Å²) in [6.07, 6.45) is 5.17. The van der Waals surface area contributed by atoms with Crippen LogP contribution in [0.1, 0.15) is 19.0 Å². The van der Waals surface area contributed by atoms with Gasteiger partial charge in [0, 0.05) is 6.42 Å². The van der Waals surface area contributed by atoms with Crippen molar-refractivity contribution in [3.63, 3.8) is 0 Å². The first kappa shape index (κ1) is 14.4. The van der Waals surface area contributed by atoms with Crippen molar-refractivity contribution < 1.29 is 38.1 Å². The van der Waals surface area contributed by atoms with Crippen molar-refractivity contribution in [2.45, 2.75) is 19.8 Å². The first-order valence-corrected chi connectivity index (χ1v) is 4.79. The van der Waals surface area contributed by atoms with Crippen LogP contribution in [-0.4, -0.2) is 17.1 Å². The van der Waals surface area contributed by atoms with Gasteiger partial charge in [-0.1, -0.05) is 0 Å². The minimum Gasteiger partial charge on any atom is -1.00 e. The number of halogens is 1. The lowest BCUT2D eigenvalue weighted by molar-refractivity contribution is -0.678. The van der Waals surface area contributed by atoms with E-state index in [1.54, 1.807) is 0 Å². The summed E-state index contributed by atoms with van der Waals surface area (Å²) >= 11 is 0. The van der Waals surface area contributed by atoms with Crippen LogP contribution in [-0.2, 0) is 30.0 Å². The van der Waals surface area contributed by atoms with Gasteiger partial charge in [0.15, 0.2) is 0 Å². The van der Waals surface area contributed by atoms with Crippen LogP contribution in [0, 0.1) is 0 Å². The van der Waals surface area contributed by atoms with Crippen molar-refractivity contribution in [1.82, 2.24) is 4.57 Å². The van der Waals surface area contributed by atoms with E-state index >= 15 is 0 Å². The molecule has 0 atom stereocenters. The number of esters is 1. The summed E-state index contributed by atoms with van der Waals surface area (Å²) in [6, 6.07) is 0. The lowest BCUT2D eigenvalue weighted by atomic mass is 10.2. The van der Waals surface area contributed by atoms with Gasteiger partial charge in [-0.25, -0.2) is 9.13 Å². The van der Waals surface area contributed by atoms with Crippen molar-refractivity contribution in [2.24, 2.45) is 14.1 Å². The molecule has 0 spiro atoms. The molecule has 0 radical (unpaired) electrons. The minimum atomic E-state index is -0.128. The number of hydrogen-bond donors (Lipinski definition) is 0. The number of carbonyl (C=O) groups is 1. The Labute approximate surface area is 107 Å². The zero-order valence-corrected chi connectivity index (χ0v) is 11.5. The van der Waals surface area contributed by atoms with E-state index in [2.05, 4.69) is 0 Å². The van der Waals surface area contributed by atoms with E-state index in [1.807, 2.05) is 42.7 Å². The van der Waals surface area contributed by atoms with Gasteiger partial charge >= 0.3 is 5.97 Å². The molecule has 15 heavy (non-hydrogen) atoms. The van der Waals surface area contributed by atoms with Crippen LogP contribution in [0.2, 0.25) is 0 Å². The molecule has 0 bridgehead atoms. The van der Waals surface area contributed by atoms with Crippen molar-refractivity contribution in [2.75, 3.05) is 6.61 Å². The molecule has 0 amide bonds. The Balaban J connectivity index is 0.00000196. The predicted molar refractivity (Wildman–Crippen MR) is 51.5 cm³/mol. The number of carbonyl (C=O) groups excluding carboxylic acids is 1. The summed E-state index contributed by atoms with van der Waals surface area (Å²) in [5.41, 5.74) is 1.14. The molecule has 0 saturated carbocycles. The molecule has 1 rings (SSSR count). The number of nitrogens with zero attached hydrogens (tertiary/aromatic N) is 2. The topological polar surface area (TPSA) is 35.1 Å². The molecule has 0 aromatic carbocycles. The fourth-order valence-electron chi connectivity index (χ4n) is 1.41. The highest BCUT2D eigenvalue weighted by atomic mass is 127. The molecule has 0 fully saturated rings. The second-order valence-corrected chi connectivity index (χ2v) is 3.32. The zero-order valence-electron chi connectivity index (χ0n) is 9.36. The molecule has 1 aromatic heterocycles. The molecule has 0 aliphatic rings. The van der Waals surface area contributed by atoms with Crippen molar-refractivity contribution in [1.29, 1.82) is 0 Å². The monoisotopic (exact) mass is 324 g/mol. The highest BCUT2D eigenvalue weighted by Crippen LogP contribution is 1.98. The predicted octanol–water partition coefficient (Wildman–Crippen LogP) is -2.65. The molecule has 0 saturated heterocycles. The maximum atomic E-state index is 11.1. The van der Waals surface area contributed by atoms with Crippen LogP contribution in [0.15, 0.2) is 12.5 Å². The Morgan fingerprint density at radius 3 is 2.73 bits per heavy atom. The first-order valence-electron chi connectivity index (χ1n) is 4.79. The molecular weight excluding hydrogens is 307 g/mol. The normalized spacial score (nSPS) is 9.53. The Morgan fingerprint density at radius 2 is 2.27 bits per heavy atom. The summed E-state index contributed by atoms with van der Waals surface area (Å²) in [4.78, 5) is 11.1. The third-order valence-electron chi connectivity index (χ3n) is 2.05. The Morgan fingerprint density at radius 1 is 1.60 bits per heavy atom. The smallest absolute Gasteiger partial charge is 0.306 e. The van der Waals surface area contributed by atoms with Gasteiger partial charge in [-0.05, 0) is 6.92 Å². The molecule has 4 nitrogen and oxygen atoms in total. The summed E-state index contributed by atoms with van der Waals surface area (Å²) in [6.45, 7) is 2.28. The van der Waals surface area contributed by atoms with E-state index in [9.17, 15) is 4.79 Å². The number of imidazole rings is 1. The summed E-state index contributed by atoms with van der Waals surface area (Å²) in [7, 11) is 3.94. The van der Waals surface area contributed by atoms with Crippen LogP contribution in [0.25, 0.3) is 0 Å². The van der Waals surface area contributed by atoms with Crippen LogP contribution in [0.3, 0.4) is 0 Å².